The molecule has 0 saturated carbocycles. The maximum Gasteiger partial charge on any atom is 0.127 e. The van der Waals surface area contributed by atoms with Crippen molar-refractivity contribution in [2.24, 2.45) is 11.8 Å². The molecule has 2 heterocycles. The van der Waals surface area contributed by atoms with Crippen LogP contribution >= 0.6 is 0 Å². The summed E-state index contributed by atoms with van der Waals surface area (Å²) < 4.78 is 6.65. The maximum absolute atomic E-state index is 11.3. The van der Waals surface area contributed by atoms with Gasteiger partial charge < -0.3 is 9.84 Å². The summed E-state index contributed by atoms with van der Waals surface area (Å²) in [6, 6.07) is 4.32. The zero-order valence-corrected chi connectivity index (χ0v) is 22.8. The molecule has 1 saturated heterocycles. The van der Waals surface area contributed by atoms with Gasteiger partial charge in [0.2, 0.25) is 0 Å². The van der Waals surface area contributed by atoms with E-state index in [1.165, 1.54) is 57.2 Å². The minimum atomic E-state index is -0.226. The van der Waals surface area contributed by atoms with Crippen molar-refractivity contribution in [1.29, 1.82) is 0 Å². The average molecular weight is 468 g/mol. The van der Waals surface area contributed by atoms with Crippen LogP contribution in [0.25, 0.3) is 0 Å². The van der Waals surface area contributed by atoms with Crippen molar-refractivity contribution in [2.45, 2.75) is 116 Å². The predicted molar refractivity (Wildman–Crippen MR) is 143 cm³/mol. The predicted octanol–water partition coefficient (Wildman–Crippen LogP) is 7.96. The normalized spacial score (nSPS) is 25.3. The lowest BCUT2D eigenvalue weighted by molar-refractivity contribution is 0.00676. The van der Waals surface area contributed by atoms with Crippen molar-refractivity contribution in [2.75, 3.05) is 19.6 Å². The molecule has 1 aromatic rings. The Morgan fingerprint density at radius 1 is 1.12 bits per heavy atom. The first-order chi connectivity index (χ1) is 16.1. The summed E-state index contributed by atoms with van der Waals surface area (Å²) in [7, 11) is 0. The van der Waals surface area contributed by atoms with Gasteiger partial charge in [-0.2, -0.15) is 0 Å². The van der Waals surface area contributed by atoms with Crippen LogP contribution in [0.4, 0.5) is 0 Å². The molecular formula is C31H49NO2. The first kappa shape index (κ1) is 25.6. The topological polar surface area (TPSA) is 32.7 Å². The zero-order chi connectivity index (χ0) is 24.5. The van der Waals surface area contributed by atoms with Crippen LogP contribution in [0.2, 0.25) is 0 Å². The van der Waals surface area contributed by atoms with Crippen LogP contribution in [0, 0.1) is 11.8 Å². The fraction of sp³-hybridized carbons (Fsp3) is 0.742. The number of nitrogens with zero attached hydrogens (tertiary/aromatic N) is 1. The van der Waals surface area contributed by atoms with E-state index in [1.54, 1.807) is 5.57 Å². The van der Waals surface area contributed by atoms with E-state index in [9.17, 15) is 5.11 Å². The minimum absolute atomic E-state index is 0.0353. The molecule has 34 heavy (non-hydrogen) atoms. The summed E-state index contributed by atoms with van der Waals surface area (Å²) in [5, 5.41) is 11.3. The number of piperidine rings is 1. The molecule has 0 bridgehead atoms. The van der Waals surface area contributed by atoms with Crippen LogP contribution in [-0.4, -0.2) is 35.2 Å². The Morgan fingerprint density at radius 2 is 1.85 bits per heavy atom. The average Bonchev–Trinajstić information content (AvgIpc) is 2.77. The number of benzene rings is 1. The minimum Gasteiger partial charge on any atom is -0.508 e. The molecule has 1 aromatic carbocycles. The highest BCUT2D eigenvalue weighted by molar-refractivity contribution is 5.54. The number of allylic oxidation sites excluding steroid dienone is 1. The Balaban J connectivity index is 1.55. The van der Waals surface area contributed by atoms with Gasteiger partial charge in [0.05, 0.1) is 0 Å². The molecule has 3 aliphatic rings. The second-order valence-electron chi connectivity index (χ2n) is 12.8. The number of ether oxygens (including phenoxy) is 1. The molecule has 1 aliphatic carbocycles. The Hall–Kier alpha value is -1.48. The Morgan fingerprint density at radius 3 is 2.56 bits per heavy atom. The fourth-order valence-electron chi connectivity index (χ4n) is 6.63. The van der Waals surface area contributed by atoms with E-state index in [1.807, 2.05) is 0 Å². The van der Waals surface area contributed by atoms with Crippen molar-refractivity contribution in [3.05, 3.63) is 34.9 Å². The van der Waals surface area contributed by atoms with E-state index < -0.39 is 0 Å². The summed E-state index contributed by atoms with van der Waals surface area (Å²) in [6.07, 6.45) is 13.4. The van der Waals surface area contributed by atoms with Crippen LogP contribution in [0.3, 0.4) is 0 Å². The van der Waals surface area contributed by atoms with Gasteiger partial charge in [0.25, 0.3) is 0 Å². The Kier molecular flexibility index (Phi) is 7.72. The maximum atomic E-state index is 11.3. The van der Waals surface area contributed by atoms with Crippen molar-refractivity contribution >= 4 is 0 Å². The highest BCUT2D eigenvalue weighted by Crippen LogP contribution is 2.55. The lowest BCUT2D eigenvalue weighted by atomic mass is 9.66. The van der Waals surface area contributed by atoms with Crippen molar-refractivity contribution in [3.63, 3.8) is 0 Å². The number of phenolic OH excluding ortho intramolecular Hbond substituents is 1. The Bertz CT molecular complexity index is 876. The third-order valence-electron chi connectivity index (χ3n) is 9.13. The summed E-state index contributed by atoms with van der Waals surface area (Å²) in [6.45, 7) is 17.3. The SMILES string of the molecule is CCCCCCC(C)(C)c1cc(O)c2c(c1)OC(C)(C)[C@H]1CC=C(CN3CCC(C)CC3)CC21. The van der Waals surface area contributed by atoms with Crippen LogP contribution in [0.15, 0.2) is 23.8 Å². The molecule has 3 heteroatoms. The summed E-state index contributed by atoms with van der Waals surface area (Å²) in [4.78, 5) is 2.64. The first-order valence-corrected chi connectivity index (χ1v) is 14.1. The third-order valence-corrected chi connectivity index (χ3v) is 9.13. The Labute approximate surface area is 209 Å². The van der Waals surface area contributed by atoms with E-state index in [-0.39, 0.29) is 11.0 Å². The third kappa shape index (κ3) is 5.50. The highest BCUT2D eigenvalue weighted by atomic mass is 16.5. The van der Waals surface area contributed by atoms with Gasteiger partial charge >= 0.3 is 0 Å². The standard InChI is InChI=1S/C31H49NO2/c1-7-8-9-10-15-30(3,4)24-19-27(33)29-25-18-23(21-32-16-13-22(2)14-17-32)11-12-26(25)31(5,6)34-28(29)20-24/h11,19-20,22,25-26,33H,7-10,12-18,21H2,1-6H3/t25?,26-/m0/s1. The van der Waals surface area contributed by atoms with Gasteiger partial charge in [0, 0.05) is 23.9 Å². The lowest BCUT2D eigenvalue weighted by Gasteiger charge is -2.48. The van der Waals surface area contributed by atoms with Gasteiger partial charge in [-0.05, 0) is 88.1 Å². The number of aromatic hydroxyl groups is 1. The van der Waals surface area contributed by atoms with E-state index in [0.29, 0.717) is 17.6 Å². The number of fused-ring (bicyclic) bond motifs is 3. The molecule has 0 amide bonds. The lowest BCUT2D eigenvalue weighted by Crippen LogP contribution is -2.46. The quantitative estimate of drug-likeness (QED) is 0.311. The van der Waals surface area contributed by atoms with Gasteiger partial charge in [-0.1, -0.05) is 65.0 Å². The largest absolute Gasteiger partial charge is 0.508 e. The molecule has 0 aromatic heterocycles. The molecule has 3 nitrogen and oxygen atoms in total. The van der Waals surface area contributed by atoms with Crippen molar-refractivity contribution in [3.8, 4) is 11.5 Å². The number of phenols is 1. The molecule has 1 N–H and O–H groups in total. The summed E-state index contributed by atoms with van der Waals surface area (Å²) >= 11 is 0. The second kappa shape index (κ2) is 10.2. The molecule has 0 spiro atoms. The van der Waals surface area contributed by atoms with Gasteiger partial charge in [-0.3, -0.25) is 4.90 Å². The van der Waals surface area contributed by atoms with Crippen LogP contribution in [0.1, 0.15) is 116 Å². The van der Waals surface area contributed by atoms with E-state index >= 15 is 0 Å². The molecule has 2 atom stereocenters. The van der Waals surface area contributed by atoms with Crippen LogP contribution in [0.5, 0.6) is 11.5 Å². The monoisotopic (exact) mass is 467 g/mol. The van der Waals surface area contributed by atoms with E-state index in [0.717, 1.165) is 43.0 Å². The van der Waals surface area contributed by atoms with Gasteiger partial charge in [0.15, 0.2) is 0 Å². The highest BCUT2D eigenvalue weighted by Gasteiger charge is 2.46. The first-order valence-electron chi connectivity index (χ1n) is 14.1. The summed E-state index contributed by atoms with van der Waals surface area (Å²) in [5.41, 5.74) is 3.64. The number of hydrogen-bond donors (Lipinski definition) is 1. The molecule has 1 fully saturated rings. The molecule has 0 radical (unpaired) electrons. The number of likely N-dealkylation sites (tertiary alicyclic amines) is 1. The van der Waals surface area contributed by atoms with Crippen LogP contribution < -0.4 is 4.74 Å². The number of rotatable bonds is 8. The number of hydrogen-bond acceptors (Lipinski definition) is 3. The van der Waals surface area contributed by atoms with Crippen molar-refractivity contribution < 1.29 is 9.84 Å². The molecule has 1 unspecified atom stereocenters. The van der Waals surface area contributed by atoms with E-state index in [4.69, 9.17) is 4.74 Å². The molecule has 190 valence electrons. The van der Waals surface area contributed by atoms with Crippen LogP contribution in [-0.2, 0) is 5.41 Å². The fourth-order valence-corrected chi connectivity index (χ4v) is 6.63. The summed E-state index contributed by atoms with van der Waals surface area (Å²) in [5.74, 6) is 2.99. The smallest absolute Gasteiger partial charge is 0.127 e. The van der Waals surface area contributed by atoms with E-state index in [2.05, 4.69) is 64.7 Å². The van der Waals surface area contributed by atoms with Crippen molar-refractivity contribution in [1.82, 2.24) is 4.90 Å². The molecular weight excluding hydrogens is 418 g/mol. The van der Waals surface area contributed by atoms with Gasteiger partial charge in [-0.25, -0.2) is 0 Å². The van der Waals surface area contributed by atoms with Gasteiger partial charge in [-0.15, -0.1) is 0 Å². The number of unbranched alkanes of at least 4 members (excludes halogenated alkanes) is 3. The molecule has 2 aliphatic heterocycles. The second-order valence-corrected chi connectivity index (χ2v) is 12.8. The zero-order valence-electron chi connectivity index (χ0n) is 22.8. The molecule has 4 rings (SSSR count). The van der Waals surface area contributed by atoms with Gasteiger partial charge in [0.1, 0.15) is 17.1 Å².